The van der Waals surface area contributed by atoms with Crippen LogP contribution in [0.5, 0.6) is 0 Å². The largest absolute Gasteiger partial charge is 0.394 e. The van der Waals surface area contributed by atoms with E-state index in [0.717, 1.165) is 18.4 Å². The van der Waals surface area contributed by atoms with Crippen LogP contribution in [-0.2, 0) is 56.8 Å². The Kier molecular flexibility index (Phi) is 23.1. The van der Waals surface area contributed by atoms with Crippen LogP contribution >= 0.6 is 0 Å². The molecule has 0 radical (unpaired) electrons. The molecule has 538 valence electrons. The molecule has 18 N–H and O–H groups in total. The summed E-state index contributed by atoms with van der Waals surface area (Å²) in [5.74, 6) is -0.715. The van der Waals surface area contributed by atoms with Crippen LogP contribution in [0.4, 0.5) is 0 Å². The molecule has 0 aromatic carbocycles. The second kappa shape index (κ2) is 28.9. The van der Waals surface area contributed by atoms with Gasteiger partial charge < -0.3 is 149 Å². The van der Waals surface area contributed by atoms with Crippen LogP contribution in [0.3, 0.4) is 0 Å². The van der Waals surface area contributed by atoms with Gasteiger partial charge in [0, 0.05) is 0 Å². The maximum atomic E-state index is 13.0. The van der Waals surface area contributed by atoms with Crippen molar-refractivity contribution >= 4 is 0 Å². The van der Waals surface area contributed by atoms with Gasteiger partial charge in [-0.3, -0.25) is 0 Å². The molecule has 4 saturated carbocycles. The van der Waals surface area contributed by atoms with Crippen LogP contribution in [0.2, 0.25) is 0 Å². The number of hydrogen-bond acceptors (Lipinski definition) is 30. The van der Waals surface area contributed by atoms with Gasteiger partial charge in [-0.2, -0.15) is 0 Å². The normalized spacial score (nSPS) is 53.2. The zero-order chi connectivity index (χ0) is 67.9. The highest BCUT2D eigenvalue weighted by molar-refractivity contribution is 5.21. The average molecular weight is 1340 g/mol. The number of allylic oxidation sites excluding steroid dienone is 2. The lowest BCUT2D eigenvalue weighted by Gasteiger charge is -2.71. The molecule has 0 spiro atoms. The van der Waals surface area contributed by atoms with Gasteiger partial charge in [-0.25, -0.2) is 0 Å². The molecule has 10 fully saturated rings. The van der Waals surface area contributed by atoms with Gasteiger partial charge in [-0.15, -0.1) is 0 Å². The van der Waals surface area contributed by atoms with Gasteiger partial charge in [0.2, 0.25) is 0 Å². The molecule has 37 atom stereocenters. The van der Waals surface area contributed by atoms with Crippen LogP contribution in [-0.4, -0.2) is 315 Å². The maximum absolute atomic E-state index is 13.0. The quantitative estimate of drug-likeness (QED) is 0.0427. The topological polar surface area (TPSA) is 475 Å². The number of hydrogen-bond donors (Lipinski definition) is 18. The summed E-state index contributed by atoms with van der Waals surface area (Å²) in [5, 5.41) is 197. The van der Waals surface area contributed by atoms with Crippen LogP contribution < -0.4 is 0 Å². The minimum absolute atomic E-state index is 0.0258. The molecule has 30 nitrogen and oxygen atoms in total. The van der Waals surface area contributed by atoms with Gasteiger partial charge in [0.25, 0.3) is 0 Å². The van der Waals surface area contributed by atoms with E-state index in [4.69, 9.17) is 56.8 Å². The van der Waals surface area contributed by atoms with Crippen molar-refractivity contribution in [3.05, 3.63) is 11.6 Å². The fraction of sp³-hybridized carbons (Fsp3) is 0.968. The first-order valence-electron chi connectivity index (χ1n) is 33.1. The molecule has 10 aliphatic rings. The number of ether oxygens (including phenoxy) is 12. The van der Waals surface area contributed by atoms with E-state index in [2.05, 4.69) is 40.7 Å². The highest BCUT2D eigenvalue weighted by atomic mass is 16.8. The number of aliphatic hydroxyl groups is 18. The molecule has 0 amide bonds. The lowest BCUT2D eigenvalue weighted by atomic mass is 9.35. The molecule has 6 aliphatic heterocycles. The fourth-order valence-electron chi connectivity index (χ4n) is 18.3. The van der Waals surface area contributed by atoms with E-state index in [-0.39, 0.29) is 42.3 Å². The molecule has 93 heavy (non-hydrogen) atoms. The second-order valence-electron chi connectivity index (χ2n) is 30.0. The van der Waals surface area contributed by atoms with Crippen molar-refractivity contribution in [2.45, 2.75) is 297 Å². The van der Waals surface area contributed by atoms with Crippen molar-refractivity contribution in [2.75, 3.05) is 39.6 Å². The van der Waals surface area contributed by atoms with E-state index in [1.54, 1.807) is 0 Å². The first-order valence-corrected chi connectivity index (χ1v) is 33.1. The van der Waals surface area contributed by atoms with Crippen molar-refractivity contribution in [1.82, 2.24) is 0 Å². The standard InChI is InChI=1S/C63H106O30/c1-25(2)10-9-14-63(8,93-56-50(81)44(75)42(73)32(89-56)23-84-53-49(80)43(74)33(24-85-53)88-54-47(78)38(69)28(67)21-82-54)26-11-16-62(7)37(26)27(66)18-35-60(5)15-13-36(59(3,4)34(60)12-17-61(35,62)6)90-57-51(45(76)40(71)30(19-64)86-57)92-58-52(46(77)41(72)31(20-65)87-58)91-55-48(79)39(70)29(68)22-83-55/h10,26-58,64-81H,9,11-24H2,1-8H3/t26-,27+,28+,29+,30+,31+,32+,33+,34-,35+,36-,37-,38-,39-,40+,41+,42+,43-,44-,45-,46-,47+,48+,49+,50+,51+,52+,53-,54-,55-,56-,57-,58-,60-,61+,62+,63-/m0/s1. The lowest BCUT2D eigenvalue weighted by molar-refractivity contribution is -0.395. The summed E-state index contributed by atoms with van der Waals surface area (Å²) in [6.07, 6.45) is -38.2. The van der Waals surface area contributed by atoms with E-state index in [9.17, 15) is 91.9 Å². The fourth-order valence-corrected chi connectivity index (χ4v) is 18.3. The van der Waals surface area contributed by atoms with Gasteiger partial charge in [0.15, 0.2) is 37.7 Å². The minimum Gasteiger partial charge on any atom is -0.394 e. The van der Waals surface area contributed by atoms with Gasteiger partial charge >= 0.3 is 0 Å². The van der Waals surface area contributed by atoms with E-state index in [1.165, 1.54) is 0 Å². The molecule has 0 unspecified atom stereocenters. The average Bonchev–Trinajstić information content (AvgIpc) is 1.65. The molecule has 0 bridgehead atoms. The van der Waals surface area contributed by atoms with Gasteiger partial charge in [-0.05, 0) is 124 Å². The molecular formula is C63H106O30. The Morgan fingerprint density at radius 3 is 1.57 bits per heavy atom. The monoisotopic (exact) mass is 1340 g/mol. The van der Waals surface area contributed by atoms with Crippen molar-refractivity contribution in [3.63, 3.8) is 0 Å². The Labute approximate surface area is 540 Å². The number of aliphatic hydroxyl groups excluding tert-OH is 18. The molecule has 10 rings (SSSR count). The Morgan fingerprint density at radius 1 is 0.484 bits per heavy atom. The summed E-state index contributed by atoms with van der Waals surface area (Å²) in [7, 11) is 0. The Balaban J connectivity index is 0.837. The summed E-state index contributed by atoms with van der Waals surface area (Å²) >= 11 is 0. The Hall–Kier alpha value is -1.46. The van der Waals surface area contributed by atoms with Crippen molar-refractivity contribution in [2.24, 2.45) is 45.3 Å². The van der Waals surface area contributed by atoms with Crippen molar-refractivity contribution < 1.29 is 149 Å². The predicted molar refractivity (Wildman–Crippen MR) is 313 cm³/mol. The Morgan fingerprint density at radius 2 is 0.989 bits per heavy atom. The maximum Gasteiger partial charge on any atom is 0.187 e. The van der Waals surface area contributed by atoms with Crippen LogP contribution in [0.1, 0.15) is 113 Å². The highest BCUT2D eigenvalue weighted by Crippen LogP contribution is 2.76. The lowest BCUT2D eigenvalue weighted by Crippen LogP contribution is -2.68. The van der Waals surface area contributed by atoms with Crippen molar-refractivity contribution in [3.8, 4) is 0 Å². The molecule has 0 aromatic rings. The van der Waals surface area contributed by atoms with Crippen molar-refractivity contribution in [1.29, 1.82) is 0 Å². The number of fused-ring (bicyclic) bond motifs is 5. The summed E-state index contributed by atoms with van der Waals surface area (Å²) in [4.78, 5) is 0. The van der Waals surface area contributed by atoms with E-state index >= 15 is 0 Å². The summed E-state index contributed by atoms with van der Waals surface area (Å²) in [5.41, 5.74) is -1.95. The zero-order valence-corrected chi connectivity index (χ0v) is 54.2. The molecular weight excluding hydrogens is 1240 g/mol. The highest BCUT2D eigenvalue weighted by Gasteiger charge is 2.72. The van der Waals surface area contributed by atoms with Crippen LogP contribution in [0.25, 0.3) is 0 Å². The van der Waals surface area contributed by atoms with Gasteiger partial charge in [-0.1, -0.05) is 46.3 Å². The zero-order valence-electron chi connectivity index (χ0n) is 54.2. The van der Waals surface area contributed by atoms with Gasteiger partial charge in [0.1, 0.15) is 128 Å². The van der Waals surface area contributed by atoms with E-state index in [1.807, 2.05) is 20.8 Å². The number of rotatable bonds is 19. The predicted octanol–water partition coefficient (Wildman–Crippen LogP) is -4.64. The summed E-state index contributed by atoms with van der Waals surface area (Å²) < 4.78 is 72.4. The smallest absolute Gasteiger partial charge is 0.187 e. The third-order valence-electron chi connectivity index (χ3n) is 24.0. The Bertz CT molecular complexity index is 2480. The summed E-state index contributed by atoms with van der Waals surface area (Å²) in [6.45, 7) is 13.7. The third-order valence-corrected chi connectivity index (χ3v) is 24.0. The van der Waals surface area contributed by atoms with E-state index < -0.39 is 226 Å². The molecule has 4 aliphatic carbocycles. The third kappa shape index (κ3) is 13.7. The van der Waals surface area contributed by atoms with Crippen LogP contribution in [0, 0.1) is 45.3 Å². The second-order valence-corrected chi connectivity index (χ2v) is 30.0. The van der Waals surface area contributed by atoms with Crippen LogP contribution in [0.15, 0.2) is 11.6 Å². The molecule has 6 saturated heterocycles. The minimum atomic E-state index is -1.90. The molecule has 30 heteroatoms. The first-order chi connectivity index (χ1) is 43.7. The SMILES string of the molecule is CC(C)=CCC[C@](C)(O[C@@H]1O[C@H](CO[C@H]2OC[C@@H](O[C@@H]3OC[C@@H](O)[C@H](O)[C@H]3O)[C@H](O)[C@H]2O)[C@@H](O)[C@H](O)[C@H]1O)[C@H]1CC[C@]2(C)[C@@H]1[C@H](O)C[C@@H]1[C@@]3(C)CC[C@H](O[C@@H]4O[C@H](CO)[C@@H](O)[C@H](O)[C@H]4O[C@@H]4O[C@H](CO)[C@@H](O)[C@H](O)[C@H]4O[C@@H]4OC[C@@H](O)[C@H](O)[C@H]4O)C(C)(C)[C@@H]3CC[C@]12C. The summed E-state index contributed by atoms with van der Waals surface area (Å²) in [6, 6.07) is 0. The van der Waals surface area contributed by atoms with Gasteiger partial charge in [0.05, 0.1) is 57.5 Å². The molecule has 6 heterocycles. The van der Waals surface area contributed by atoms with E-state index in [0.29, 0.717) is 44.9 Å². The molecule has 0 aromatic heterocycles. The first kappa shape index (κ1) is 74.2.